The number of aromatic carboxylic acids is 1. The molecule has 0 bridgehead atoms. The lowest BCUT2D eigenvalue weighted by molar-refractivity contribution is 0.0690. The fraction of sp³-hybridized carbons (Fsp3) is 0.235. The van der Waals surface area contributed by atoms with Gasteiger partial charge in [0.1, 0.15) is 5.69 Å². The minimum absolute atomic E-state index is 0.0648. The Balaban J connectivity index is 1.80. The zero-order chi connectivity index (χ0) is 16.0. The van der Waals surface area contributed by atoms with Crippen molar-refractivity contribution in [1.82, 2.24) is 14.6 Å². The molecule has 6 heteroatoms. The molecule has 0 aromatic carbocycles. The summed E-state index contributed by atoms with van der Waals surface area (Å²) in [5.41, 5.74) is 3.99. The summed E-state index contributed by atoms with van der Waals surface area (Å²) < 4.78 is 1.81. The van der Waals surface area contributed by atoms with Gasteiger partial charge in [0, 0.05) is 29.8 Å². The van der Waals surface area contributed by atoms with Gasteiger partial charge in [0.25, 0.3) is 0 Å². The van der Waals surface area contributed by atoms with E-state index in [1.807, 2.05) is 22.7 Å². The van der Waals surface area contributed by atoms with E-state index in [9.17, 15) is 4.79 Å². The van der Waals surface area contributed by atoms with Gasteiger partial charge in [-0.2, -0.15) is 5.10 Å². The van der Waals surface area contributed by atoms with E-state index in [0.29, 0.717) is 17.4 Å². The Kier molecular flexibility index (Phi) is 3.31. The zero-order valence-electron chi connectivity index (χ0n) is 12.2. The van der Waals surface area contributed by atoms with Crippen LogP contribution in [0.15, 0.2) is 36.5 Å². The van der Waals surface area contributed by atoms with Crippen molar-refractivity contribution in [3.05, 3.63) is 64.2 Å². The highest BCUT2D eigenvalue weighted by atomic mass is 35.5. The van der Waals surface area contributed by atoms with Gasteiger partial charge in [0.15, 0.2) is 0 Å². The molecule has 0 radical (unpaired) electrons. The number of hydrogen-bond acceptors (Lipinski definition) is 3. The van der Waals surface area contributed by atoms with Crippen molar-refractivity contribution in [2.24, 2.45) is 0 Å². The number of carbonyl (C=O) groups is 1. The second-order valence-electron chi connectivity index (χ2n) is 5.81. The molecule has 0 saturated heterocycles. The number of nitrogens with zero attached hydrogens (tertiary/aromatic N) is 3. The third-order valence-electron chi connectivity index (χ3n) is 4.07. The maximum Gasteiger partial charge on any atom is 0.354 e. The lowest BCUT2D eigenvalue weighted by Crippen LogP contribution is -2.03. The molecule has 0 atom stereocenters. The van der Waals surface area contributed by atoms with Gasteiger partial charge < -0.3 is 5.11 Å². The Bertz CT molecular complexity index is 915. The average molecular weight is 328 g/mol. The molecule has 116 valence electrons. The monoisotopic (exact) mass is 327 g/mol. The van der Waals surface area contributed by atoms with Crippen LogP contribution >= 0.6 is 11.6 Å². The minimum atomic E-state index is -1.01. The van der Waals surface area contributed by atoms with Crippen molar-refractivity contribution in [2.45, 2.75) is 25.2 Å². The van der Waals surface area contributed by atoms with Crippen LogP contribution in [0.3, 0.4) is 0 Å². The van der Waals surface area contributed by atoms with Crippen molar-refractivity contribution >= 4 is 23.1 Å². The normalized spacial score (nSPS) is 14.3. The first-order chi connectivity index (χ1) is 11.1. The molecule has 5 nitrogen and oxygen atoms in total. The zero-order valence-corrected chi connectivity index (χ0v) is 13.0. The molecule has 0 spiro atoms. The molecule has 1 N–H and O–H groups in total. The molecule has 3 aromatic rings. The average Bonchev–Trinajstić information content (AvgIpc) is 3.31. The molecule has 1 aliphatic rings. The maximum atomic E-state index is 11.1. The summed E-state index contributed by atoms with van der Waals surface area (Å²) in [7, 11) is 0. The minimum Gasteiger partial charge on any atom is -0.477 e. The highest BCUT2D eigenvalue weighted by Crippen LogP contribution is 2.42. The number of fused-ring (bicyclic) bond motifs is 1. The Morgan fingerprint density at radius 1 is 1.30 bits per heavy atom. The van der Waals surface area contributed by atoms with Gasteiger partial charge in [0.05, 0.1) is 16.2 Å². The standard InChI is InChI=1S/C17H14ClN3O2/c18-11-6-7-15-13(16(10-4-5-10)20-21(15)9-11)8-12-2-1-3-14(19-12)17(22)23/h1-3,6-7,9-10H,4-5,8H2,(H,22,23). The van der Waals surface area contributed by atoms with E-state index >= 15 is 0 Å². The molecule has 1 fully saturated rings. The SMILES string of the molecule is O=C(O)c1cccc(Cc2c(C3CC3)nn3cc(Cl)ccc23)n1. The predicted octanol–water partition coefficient (Wildman–Crippen LogP) is 3.55. The first-order valence-corrected chi connectivity index (χ1v) is 7.85. The highest BCUT2D eigenvalue weighted by Gasteiger charge is 2.30. The molecular formula is C17H14ClN3O2. The number of rotatable bonds is 4. The lowest BCUT2D eigenvalue weighted by Gasteiger charge is -2.04. The Hall–Kier alpha value is -2.40. The third-order valence-corrected chi connectivity index (χ3v) is 4.30. The van der Waals surface area contributed by atoms with Crippen LogP contribution in [0.1, 0.15) is 46.2 Å². The number of carboxylic acids is 1. The number of aromatic nitrogens is 3. The van der Waals surface area contributed by atoms with E-state index in [1.165, 1.54) is 6.07 Å². The second kappa shape index (κ2) is 5.35. The highest BCUT2D eigenvalue weighted by molar-refractivity contribution is 6.30. The summed E-state index contributed by atoms with van der Waals surface area (Å²) in [4.78, 5) is 15.3. The summed E-state index contributed by atoms with van der Waals surface area (Å²) in [5.74, 6) is -0.521. The molecule has 0 aliphatic heterocycles. The van der Waals surface area contributed by atoms with Crippen molar-refractivity contribution in [3.8, 4) is 0 Å². The fourth-order valence-corrected chi connectivity index (χ4v) is 2.99. The number of hydrogen-bond donors (Lipinski definition) is 1. The summed E-state index contributed by atoms with van der Waals surface area (Å²) >= 11 is 6.05. The van der Waals surface area contributed by atoms with Crippen molar-refractivity contribution in [1.29, 1.82) is 0 Å². The summed E-state index contributed by atoms with van der Waals surface area (Å²) in [6, 6.07) is 8.88. The largest absolute Gasteiger partial charge is 0.477 e. The van der Waals surface area contributed by atoms with E-state index < -0.39 is 5.97 Å². The molecule has 0 unspecified atom stereocenters. The Morgan fingerprint density at radius 2 is 2.13 bits per heavy atom. The van der Waals surface area contributed by atoms with Crippen LogP contribution in [-0.2, 0) is 6.42 Å². The Morgan fingerprint density at radius 3 is 2.87 bits per heavy atom. The quantitative estimate of drug-likeness (QED) is 0.795. The van der Waals surface area contributed by atoms with Gasteiger partial charge in [-0.3, -0.25) is 0 Å². The van der Waals surface area contributed by atoms with Gasteiger partial charge in [-0.15, -0.1) is 0 Å². The molecule has 0 amide bonds. The summed E-state index contributed by atoms with van der Waals surface area (Å²) in [6.07, 6.45) is 4.66. The van der Waals surface area contributed by atoms with Crippen LogP contribution in [0.4, 0.5) is 0 Å². The first kappa shape index (κ1) is 14.2. The van der Waals surface area contributed by atoms with Gasteiger partial charge in [-0.05, 0) is 37.1 Å². The fourth-order valence-electron chi connectivity index (χ4n) is 2.84. The lowest BCUT2D eigenvalue weighted by atomic mass is 10.0. The molecule has 3 aromatic heterocycles. The predicted molar refractivity (Wildman–Crippen MR) is 86.2 cm³/mol. The number of carboxylic acid groups (broad SMARTS) is 1. The maximum absolute atomic E-state index is 11.1. The molecule has 23 heavy (non-hydrogen) atoms. The smallest absolute Gasteiger partial charge is 0.354 e. The molecule has 4 rings (SSSR count). The van der Waals surface area contributed by atoms with E-state index in [2.05, 4.69) is 10.1 Å². The van der Waals surface area contributed by atoms with E-state index in [0.717, 1.165) is 35.3 Å². The second-order valence-corrected chi connectivity index (χ2v) is 6.25. The van der Waals surface area contributed by atoms with Crippen LogP contribution < -0.4 is 0 Å². The van der Waals surface area contributed by atoms with Crippen molar-refractivity contribution in [3.63, 3.8) is 0 Å². The molecule has 3 heterocycles. The van der Waals surface area contributed by atoms with Crippen LogP contribution in [0, 0.1) is 0 Å². The molecule has 1 saturated carbocycles. The van der Waals surface area contributed by atoms with E-state index in [-0.39, 0.29) is 5.69 Å². The van der Waals surface area contributed by atoms with Crippen molar-refractivity contribution in [2.75, 3.05) is 0 Å². The van der Waals surface area contributed by atoms with Crippen molar-refractivity contribution < 1.29 is 9.90 Å². The molecule has 1 aliphatic carbocycles. The molecular weight excluding hydrogens is 314 g/mol. The van der Waals surface area contributed by atoms with E-state index in [1.54, 1.807) is 12.3 Å². The summed E-state index contributed by atoms with van der Waals surface area (Å²) in [5, 5.41) is 14.4. The van der Waals surface area contributed by atoms with Crippen LogP contribution in [0.5, 0.6) is 0 Å². The number of pyridine rings is 2. The van der Waals surface area contributed by atoms with Gasteiger partial charge in [-0.1, -0.05) is 17.7 Å². The van der Waals surface area contributed by atoms with Crippen LogP contribution in [0.2, 0.25) is 5.02 Å². The van der Waals surface area contributed by atoms with Gasteiger partial charge >= 0.3 is 5.97 Å². The van der Waals surface area contributed by atoms with Crippen LogP contribution in [0.25, 0.3) is 5.52 Å². The van der Waals surface area contributed by atoms with Gasteiger partial charge in [-0.25, -0.2) is 14.3 Å². The first-order valence-electron chi connectivity index (χ1n) is 7.47. The number of halogens is 1. The van der Waals surface area contributed by atoms with Gasteiger partial charge in [0.2, 0.25) is 0 Å². The summed E-state index contributed by atoms with van der Waals surface area (Å²) in [6.45, 7) is 0. The Labute approximate surface area is 137 Å². The topological polar surface area (TPSA) is 67.5 Å². The third kappa shape index (κ3) is 2.68. The van der Waals surface area contributed by atoms with Crippen LogP contribution in [-0.4, -0.2) is 25.7 Å². The van der Waals surface area contributed by atoms with E-state index in [4.69, 9.17) is 16.7 Å².